The number of carboxylic acids is 1. The molecule has 2 aliphatic rings. The normalized spacial score (nSPS) is 20.5. The molecule has 244 valence electrons. The third kappa shape index (κ3) is 8.42. The van der Waals surface area contributed by atoms with E-state index in [0.29, 0.717) is 10.6 Å². The molecular formula is C25H32N8O10S2. The van der Waals surface area contributed by atoms with Gasteiger partial charge in [0.1, 0.15) is 29.9 Å². The Bertz CT molecular complexity index is 1570. The van der Waals surface area contributed by atoms with E-state index < -0.39 is 58.2 Å². The van der Waals surface area contributed by atoms with Crippen molar-refractivity contribution in [1.29, 1.82) is 5.41 Å². The van der Waals surface area contributed by atoms with Gasteiger partial charge in [-0.2, -0.15) is 13.5 Å². The van der Waals surface area contributed by atoms with Crippen molar-refractivity contribution in [2.24, 2.45) is 5.16 Å². The number of nitrogens with zero attached hydrogens (tertiary/aromatic N) is 3. The quantitative estimate of drug-likeness (QED) is 0.0466. The Labute approximate surface area is 261 Å². The van der Waals surface area contributed by atoms with Crippen molar-refractivity contribution in [3.63, 3.8) is 0 Å². The number of piperidine rings is 1. The lowest BCUT2D eigenvalue weighted by Crippen LogP contribution is -2.76. The first-order valence-electron chi connectivity index (χ1n) is 13.4. The van der Waals surface area contributed by atoms with Crippen LogP contribution in [0.2, 0.25) is 0 Å². The van der Waals surface area contributed by atoms with Gasteiger partial charge in [-0.15, -0.1) is 15.6 Å². The minimum absolute atomic E-state index is 0.0542. The number of amides is 2. The summed E-state index contributed by atoms with van der Waals surface area (Å²) >= 11 is 0.954. The van der Waals surface area contributed by atoms with Gasteiger partial charge in [-0.05, 0) is 57.5 Å². The molecule has 3 atom stereocenters. The number of carboxylic acid groups (broad SMARTS) is 1. The summed E-state index contributed by atoms with van der Waals surface area (Å²) in [5.74, 6) is -2.95. The van der Waals surface area contributed by atoms with Gasteiger partial charge in [-0.1, -0.05) is 5.16 Å². The van der Waals surface area contributed by atoms with Crippen molar-refractivity contribution < 1.29 is 46.3 Å². The van der Waals surface area contributed by atoms with E-state index in [4.69, 9.17) is 25.3 Å². The van der Waals surface area contributed by atoms with Crippen LogP contribution in [0.25, 0.3) is 0 Å². The number of anilines is 1. The molecule has 0 saturated carbocycles. The van der Waals surface area contributed by atoms with E-state index in [9.17, 15) is 27.9 Å². The van der Waals surface area contributed by atoms with Crippen LogP contribution in [-0.2, 0) is 33.9 Å². The summed E-state index contributed by atoms with van der Waals surface area (Å²) in [7, 11) is -5.02. The monoisotopic (exact) mass is 668 g/mol. The maximum absolute atomic E-state index is 13.2. The van der Waals surface area contributed by atoms with Crippen LogP contribution in [0.15, 0.2) is 34.8 Å². The number of aliphatic carboxylic acids is 1. The maximum Gasteiger partial charge on any atom is 0.418 e. The molecule has 0 bridgehead atoms. The standard InChI is InChI=1S/C25H32N8O10S2/c1-25(2)19(22(35)33(25)43-45(38,39)40)31-21(34)18(16-12-44-24(27)30-16)32-42-17(23(36)37)11-41-15-7-5-13(6-8-15)20(26)29-14-4-3-9-28-10-14/h5-8,12,14,17,19,28H,3-4,9-11H2,1-2H3,(H2,26,29)(H2,27,30)(H,31,34)(H,36,37)(H,38,39,40)/t14-,17-,19-/m1/s1. The molecule has 2 fully saturated rings. The second-order valence-electron chi connectivity index (χ2n) is 10.5. The fraction of sp³-hybridized carbons (Fsp3) is 0.440. The van der Waals surface area contributed by atoms with Crippen LogP contribution in [0.5, 0.6) is 5.75 Å². The summed E-state index contributed by atoms with van der Waals surface area (Å²) in [6.45, 7) is 3.91. The Kier molecular flexibility index (Phi) is 10.2. The number of nitrogens with one attached hydrogen (secondary N) is 4. The van der Waals surface area contributed by atoms with Crippen LogP contribution in [0, 0.1) is 5.41 Å². The number of carbonyl (C=O) groups excluding carboxylic acids is 2. The number of ether oxygens (including phenoxy) is 1. The summed E-state index contributed by atoms with van der Waals surface area (Å²) in [5.41, 5.74) is 4.24. The molecule has 8 N–H and O–H groups in total. The second kappa shape index (κ2) is 13.7. The van der Waals surface area contributed by atoms with Crippen molar-refractivity contribution in [3.05, 3.63) is 40.9 Å². The van der Waals surface area contributed by atoms with Crippen LogP contribution >= 0.6 is 11.3 Å². The van der Waals surface area contributed by atoms with Gasteiger partial charge < -0.3 is 36.4 Å². The van der Waals surface area contributed by atoms with E-state index in [1.165, 1.54) is 19.2 Å². The van der Waals surface area contributed by atoms with Gasteiger partial charge in [0.25, 0.3) is 17.9 Å². The highest BCUT2D eigenvalue weighted by atomic mass is 32.3. The molecule has 0 aliphatic carbocycles. The zero-order chi connectivity index (χ0) is 32.9. The Morgan fingerprint density at radius 3 is 2.58 bits per heavy atom. The smallest absolute Gasteiger partial charge is 0.418 e. The number of amidine groups is 1. The number of β-lactam (4-membered cyclic amide) rings is 1. The topological polar surface area (TPSA) is 268 Å². The van der Waals surface area contributed by atoms with Crippen molar-refractivity contribution in [1.82, 2.24) is 26.0 Å². The number of hydrogen-bond acceptors (Lipinski definition) is 14. The lowest BCUT2D eigenvalue weighted by molar-refractivity contribution is -0.218. The lowest BCUT2D eigenvalue weighted by atomic mass is 9.84. The lowest BCUT2D eigenvalue weighted by Gasteiger charge is -2.50. The first kappa shape index (κ1) is 33.5. The fourth-order valence-electron chi connectivity index (χ4n) is 4.44. The van der Waals surface area contributed by atoms with E-state index >= 15 is 0 Å². The zero-order valence-electron chi connectivity index (χ0n) is 24.1. The largest absolute Gasteiger partial charge is 0.489 e. The number of benzene rings is 1. The molecule has 2 aliphatic heterocycles. The van der Waals surface area contributed by atoms with Gasteiger partial charge in [0.15, 0.2) is 10.8 Å². The van der Waals surface area contributed by atoms with Gasteiger partial charge in [0.05, 0.1) is 5.54 Å². The highest BCUT2D eigenvalue weighted by Gasteiger charge is 2.58. The van der Waals surface area contributed by atoms with Crippen LogP contribution in [0.4, 0.5) is 5.13 Å². The number of hydroxylamine groups is 2. The summed E-state index contributed by atoms with van der Waals surface area (Å²) < 4.78 is 40.9. The number of oxime groups is 1. The minimum Gasteiger partial charge on any atom is -0.489 e. The number of carbonyl (C=O) groups is 3. The molecule has 2 saturated heterocycles. The van der Waals surface area contributed by atoms with Crippen LogP contribution in [-0.4, -0.2) is 101 Å². The van der Waals surface area contributed by atoms with Crippen LogP contribution in [0.3, 0.4) is 0 Å². The highest BCUT2D eigenvalue weighted by molar-refractivity contribution is 7.80. The third-order valence-corrected chi connectivity index (χ3v) is 7.85. The zero-order valence-corrected chi connectivity index (χ0v) is 25.7. The number of nitrogens with two attached hydrogens (primary N) is 1. The number of aromatic nitrogens is 1. The molecule has 0 radical (unpaired) electrons. The maximum atomic E-state index is 13.2. The van der Waals surface area contributed by atoms with Gasteiger partial charge in [0, 0.05) is 23.5 Å². The van der Waals surface area contributed by atoms with Crippen molar-refractivity contribution >= 4 is 56.2 Å². The molecule has 2 aromatic rings. The first-order chi connectivity index (χ1) is 21.2. The average Bonchev–Trinajstić information content (AvgIpc) is 3.41. The van der Waals surface area contributed by atoms with Gasteiger partial charge in [-0.3, -0.25) is 19.6 Å². The number of thiazole rings is 1. The summed E-state index contributed by atoms with van der Waals surface area (Å²) in [5, 5.41) is 32.3. The highest BCUT2D eigenvalue weighted by Crippen LogP contribution is 2.33. The minimum atomic E-state index is -5.02. The first-order valence-corrected chi connectivity index (χ1v) is 15.7. The fourth-order valence-corrected chi connectivity index (χ4v) is 5.44. The number of rotatable bonds is 13. The van der Waals surface area contributed by atoms with E-state index in [2.05, 4.69) is 30.4 Å². The summed E-state index contributed by atoms with van der Waals surface area (Å²) in [6.07, 6.45) is 0.281. The van der Waals surface area contributed by atoms with E-state index in [1.54, 1.807) is 24.3 Å². The SMILES string of the molecule is CC1(C)[C@H](NC(=O)C(=NO[C@H](COc2ccc(C(=N)N[C@@H]3CCCNC3)cc2)C(=O)O)c2csc(N)n2)C(=O)N1OS(=O)(=O)O. The van der Waals surface area contributed by atoms with E-state index in [1.807, 2.05) is 0 Å². The Morgan fingerprint density at radius 2 is 2.02 bits per heavy atom. The summed E-state index contributed by atoms with van der Waals surface area (Å²) in [4.78, 5) is 46.7. The second-order valence-corrected chi connectivity index (χ2v) is 12.4. The van der Waals surface area contributed by atoms with Gasteiger partial charge in [0.2, 0.25) is 0 Å². The molecule has 3 heterocycles. The molecule has 4 rings (SSSR count). The van der Waals surface area contributed by atoms with Crippen molar-refractivity contribution in [2.45, 2.75) is 50.4 Å². The third-order valence-electron chi connectivity index (χ3n) is 6.84. The average molecular weight is 669 g/mol. The molecule has 0 spiro atoms. The van der Waals surface area contributed by atoms with Crippen LogP contribution < -0.4 is 26.4 Å². The molecule has 1 aromatic carbocycles. The number of nitrogen functional groups attached to an aromatic ring is 1. The predicted molar refractivity (Wildman–Crippen MR) is 159 cm³/mol. The molecule has 45 heavy (non-hydrogen) atoms. The van der Waals surface area contributed by atoms with Crippen molar-refractivity contribution in [2.75, 3.05) is 25.4 Å². The molecular weight excluding hydrogens is 636 g/mol. The van der Waals surface area contributed by atoms with Crippen molar-refractivity contribution in [3.8, 4) is 5.75 Å². The van der Waals surface area contributed by atoms with E-state index in [0.717, 1.165) is 37.3 Å². The molecule has 1 aromatic heterocycles. The molecule has 2 amide bonds. The van der Waals surface area contributed by atoms with Gasteiger partial charge >= 0.3 is 16.4 Å². The Hall–Kier alpha value is -4.37. The molecule has 0 unspecified atom stereocenters. The Balaban J connectivity index is 1.41. The van der Waals surface area contributed by atoms with Crippen LogP contribution in [0.1, 0.15) is 37.9 Å². The van der Waals surface area contributed by atoms with E-state index in [-0.39, 0.29) is 28.5 Å². The van der Waals surface area contributed by atoms with Gasteiger partial charge in [-0.25, -0.2) is 9.78 Å². The Morgan fingerprint density at radius 1 is 1.31 bits per heavy atom. The predicted octanol–water partition coefficient (Wildman–Crippen LogP) is -0.515. The molecule has 20 heteroatoms. The molecule has 18 nitrogen and oxygen atoms in total. The summed E-state index contributed by atoms with van der Waals surface area (Å²) in [6, 6.07) is 5.25. The number of hydrogen-bond donors (Lipinski definition) is 7.